The maximum Gasteiger partial charge on any atom is 0.129 e. The maximum atomic E-state index is 4.94. The summed E-state index contributed by atoms with van der Waals surface area (Å²) in [6.07, 6.45) is 0. The molecule has 1 aliphatic rings. The predicted octanol–water partition coefficient (Wildman–Crippen LogP) is 5.25. The number of pyridine rings is 1. The summed E-state index contributed by atoms with van der Waals surface area (Å²) >= 11 is 0. The molecule has 1 aliphatic heterocycles. The number of aromatic nitrogens is 1. The molecule has 0 atom stereocenters. The molecule has 0 aliphatic carbocycles. The normalized spacial score (nSPS) is 14.2. The molecular formula is C21H31Cl2N3. The third kappa shape index (κ3) is 5.12. The molecule has 0 amide bonds. The fraction of sp³-hybridized carbons (Fsp3) is 0.476. The molecule has 3 rings (SSSR count). The Labute approximate surface area is 170 Å². The summed E-state index contributed by atoms with van der Waals surface area (Å²) in [7, 11) is 0. The molecule has 1 aromatic heterocycles. The van der Waals surface area contributed by atoms with Crippen LogP contribution in [0.4, 0.5) is 5.82 Å². The van der Waals surface area contributed by atoms with Crippen LogP contribution in [0, 0.1) is 0 Å². The Morgan fingerprint density at radius 2 is 1.54 bits per heavy atom. The van der Waals surface area contributed by atoms with Crippen LogP contribution in [0.3, 0.4) is 0 Å². The second-order valence-corrected chi connectivity index (χ2v) is 7.27. The van der Waals surface area contributed by atoms with Crippen LogP contribution in [-0.4, -0.2) is 31.2 Å². The van der Waals surface area contributed by atoms with Gasteiger partial charge in [-0.15, -0.1) is 24.8 Å². The van der Waals surface area contributed by atoms with Crippen LogP contribution in [-0.2, 0) is 0 Å². The number of halogens is 2. The van der Waals surface area contributed by atoms with E-state index in [2.05, 4.69) is 74.3 Å². The van der Waals surface area contributed by atoms with Gasteiger partial charge in [-0.25, -0.2) is 4.98 Å². The Bertz CT molecular complexity index is 695. The van der Waals surface area contributed by atoms with Crippen LogP contribution >= 0.6 is 24.8 Å². The lowest BCUT2D eigenvalue weighted by atomic mass is 9.88. The number of hydrogen-bond acceptors (Lipinski definition) is 3. The summed E-state index contributed by atoms with van der Waals surface area (Å²) < 4.78 is 0. The molecule has 0 bridgehead atoms. The van der Waals surface area contributed by atoms with Gasteiger partial charge in [-0.1, -0.05) is 45.9 Å². The Balaban J connectivity index is 0.00000169. The summed E-state index contributed by atoms with van der Waals surface area (Å²) in [5.41, 5.74) is 5.19. The van der Waals surface area contributed by atoms with Crippen molar-refractivity contribution in [1.29, 1.82) is 0 Å². The zero-order chi connectivity index (χ0) is 17.1. The van der Waals surface area contributed by atoms with E-state index in [1.807, 2.05) is 0 Å². The fourth-order valence-corrected chi connectivity index (χ4v) is 3.41. The van der Waals surface area contributed by atoms with Crippen LogP contribution in [0.1, 0.15) is 50.7 Å². The molecule has 2 aromatic rings. The molecule has 0 spiro atoms. The number of hydrogen-bond donors (Lipinski definition) is 1. The van der Waals surface area contributed by atoms with Crippen molar-refractivity contribution in [3.8, 4) is 11.3 Å². The van der Waals surface area contributed by atoms with Crippen molar-refractivity contribution in [2.45, 2.75) is 39.5 Å². The van der Waals surface area contributed by atoms with Gasteiger partial charge in [0.2, 0.25) is 0 Å². The molecule has 0 saturated carbocycles. The van der Waals surface area contributed by atoms with Gasteiger partial charge in [-0.05, 0) is 41.2 Å². The van der Waals surface area contributed by atoms with Gasteiger partial charge in [0.15, 0.2) is 0 Å². The standard InChI is InChI=1S/C21H29N3.2ClH/c1-15(2)18-9-8-17(14-19(18)16(3)4)20-6-5-7-21(23-20)24-12-10-22-11-13-24;;/h5-9,14-16,22H,10-13H2,1-4H3;2*1H. The van der Waals surface area contributed by atoms with Crippen molar-refractivity contribution in [3.05, 3.63) is 47.5 Å². The van der Waals surface area contributed by atoms with E-state index in [0.717, 1.165) is 37.7 Å². The number of rotatable bonds is 4. The van der Waals surface area contributed by atoms with Gasteiger partial charge >= 0.3 is 0 Å². The van der Waals surface area contributed by atoms with Gasteiger partial charge in [0, 0.05) is 31.7 Å². The number of benzene rings is 1. The lowest BCUT2D eigenvalue weighted by Crippen LogP contribution is -2.43. The topological polar surface area (TPSA) is 28.2 Å². The molecule has 2 heterocycles. The second-order valence-electron chi connectivity index (χ2n) is 7.27. The first-order chi connectivity index (χ1) is 11.6. The average molecular weight is 396 g/mol. The van der Waals surface area contributed by atoms with Gasteiger partial charge < -0.3 is 10.2 Å². The first kappa shape index (κ1) is 22.8. The molecule has 1 aromatic carbocycles. The molecule has 5 heteroatoms. The minimum absolute atomic E-state index is 0. The molecule has 1 fully saturated rings. The number of piperazine rings is 1. The smallest absolute Gasteiger partial charge is 0.129 e. The minimum atomic E-state index is 0. The summed E-state index contributed by atoms with van der Waals surface area (Å²) in [4.78, 5) is 7.31. The highest BCUT2D eigenvalue weighted by molar-refractivity contribution is 5.85. The third-order valence-electron chi connectivity index (χ3n) is 4.80. The van der Waals surface area contributed by atoms with E-state index in [1.165, 1.54) is 16.7 Å². The van der Waals surface area contributed by atoms with Gasteiger partial charge in [0.25, 0.3) is 0 Å². The summed E-state index contributed by atoms with van der Waals surface area (Å²) in [5.74, 6) is 2.17. The molecule has 0 radical (unpaired) electrons. The van der Waals surface area contributed by atoms with Crippen LogP contribution in [0.2, 0.25) is 0 Å². The molecule has 0 unspecified atom stereocenters. The van der Waals surface area contributed by atoms with E-state index in [-0.39, 0.29) is 24.8 Å². The summed E-state index contributed by atoms with van der Waals surface area (Å²) in [6, 6.07) is 13.2. The van der Waals surface area contributed by atoms with Crippen molar-refractivity contribution in [2.24, 2.45) is 0 Å². The van der Waals surface area contributed by atoms with Gasteiger partial charge in [0.1, 0.15) is 5.82 Å². The van der Waals surface area contributed by atoms with Crippen molar-refractivity contribution in [3.63, 3.8) is 0 Å². The number of nitrogens with one attached hydrogen (secondary N) is 1. The van der Waals surface area contributed by atoms with Gasteiger partial charge in [0.05, 0.1) is 5.69 Å². The average Bonchev–Trinajstić information content (AvgIpc) is 2.62. The van der Waals surface area contributed by atoms with Crippen molar-refractivity contribution < 1.29 is 0 Å². The monoisotopic (exact) mass is 395 g/mol. The van der Waals surface area contributed by atoms with Crippen LogP contribution < -0.4 is 10.2 Å². The second kappa shape index (κ2) is 10.1. The predicted molar refractivity (Wildman–Crippen MR) is 117 cm³/mol. The zero-order valence-corrected chi connectivity index (χ0v) is 17.8. The first-order valence-corrected chi connectivity index (χ1v) is 9.13. The lowest BCUT2D eigenvalue weighted by molar-refractivity contribution is 0.585. The zero-order valence-electron chi connectivity index (χ0n) is 16.2. The Hall–Kier alpha value is -1.29. The van der Waals surface area contributed by atoms with Crippen LogP contribution in [0.5, 0.6) is 0 Å². The Morgan fingerprint density at radius 1 is 0.885 bits per heavy atom. The molecular weight excluding hydrogens is 365 g/mol. The lowest BCUT2D eigenvalue weighted by Gasteiger charge is -2.28. The molecule has 144 valence electrons. The van der Waals surface area contributed by atoms with E-state index in [9.17, 15) is 0 Å². The van der Waals surface area contributed by atoms with Crippen molar-refractivity contribution >= 4 is 30.6 Å². The number of nitrogens with zero attached hydrogens (tertiary/aromatic N) is 2. The summed E-state index contributed by atoms with van der Waals surface area (Å²) in [6.45, 7) is 13.2. The molecule has 26 heavy (non-hydrogen) atoms. The fourth-order valence-electron chi connectivity index (χ4n) is 3.41. The van der Waals surface area contributed by atoms with Crippen molar-refractivity contribution in [2.75, 3.05) is 31.1 Å². The summed E-state index contributed by atoms with van der Waals surface area (Å²) in [5, 5.41) is 3.40. The van der Waals surface area contributed by atoms with Crippen molar-refractivity contribution in [1.82, 2.24) is 10.3 Å². The highest BCUT2D eigenvalue weighted by Gasteiger charge is 2.14. The highest BCUT2D eigenvalue weighted by Crippen LogP contribution is 2.31. The van der Waals surface area contributed by atoms with Crippen LogP contribution in [0.25, 0.3) is 11.3 Å². The van der Waals surface area contributed by atoms with Crippen LogP contribution in [0.15, 0.2) is 36.4 Å². The highest BCUT2D eigenvalue weighted by atomic mass is 35.5. The quantitative estimate of drug-likeness (QED) is 0.765. The molecule has 3 nitrogen and oxygen atoms in total. The number of anilines is 1. The van der Waals surface area contributed by atoms with E-state index in [0.29, 0.717) is 11.8 Å². The Morgan fingerprint density at radius 3 is 2.15 bits per heavy atom. The largest absolute Gasteiger partial charge is 0.354 e. The van der Waals surface area contributed by atoms with E-state index in [4.69, 9.17) is 4.98 Å². The first-order valence-electron chi connectivity index (χ1n) is 9.13. The van der Waals surface area contributed by atoms with E-state index >= 15 is 0 Å². The van der Waals surface area contributed by atoms with E-state index < -0.39 is 0 Å². The SMILES string of the molecule is CC(C)c1ccc(-c2cccc(N3CCNCC3)n2)cc1C(C)C.Cl.Cl. The van der Waals surface area contributed by atoms with Gasteiger partial charge in [-0.3, -0.25) is 0 Å². The van der Waals surface area contributed by atoms with E-state index in [1.54, 1.807) is 0 Å². The maximum absolute atomic E-state index is 4.94. The van der Waals surface area contributed by atoms with Gasteiger partial charge in [-0.2, -0.15) is 0 Å². The molecule has 1 saturated heterocycles. The molecule has 1 N–H and O–H groups in total. The minimum Gasteiger partial charge on any atom is -0.354 e. The third-order valence-corrected chi connectivity index (χ3v) is 4.80. The Kier molecular flexibility index (Phi) is 8.88.